The summed E-state index contributed by atoms with van der Waals surface area (Å²) in [7, 11) is 1.58. The first-order valence-corrected chi connectivity index (χ1v) is 11.1. The van der Waals surface area contributed by atoms with Crippen LogP contribution >= 0.6 is 23.1 Å². The fourth-order valence-corrected chi connectivity index (χ4v) is 4.00. The van der Waals surface area contributed by atoms with Crippen LogP contribution in [0.1, 0.15) is 23.1 Å². The van der Waals surface area contributed by atoms with Crippen molar-refractivity contribution in [2.75, 3.05) is 24.7 Å². The van der Waals surface area contributed by atoms with E-state index in [0.29, 0.717) is 41.1 Å². The molecule has 11 heteroatoms. The number of thioether (sulfide) groups is 1. The third kappa shape index (κ3) is 5.80. The number of hydrogen-bond acceptors (Lipinski definition) is 8. The Morgan fingerprint density at radius 2 is 2.03 bits per heavy atom. The fraction of sp³-hybridized carbons (Fsp3) is 0.316. The predicted octanol–water partition coefficient (Wildman–Crippen LogP) is 2.47. The number of hydrogen-bond donors (Lipinski definition) is 2. The number of aromatic nitrogens is 4. The summed E-state index contributed by atoms with van der Waals surface area (Å²) in [6.45, 7) is 3.09. The van der Waals surface area contributed by atoms with E-state index in [1.54, 1.807) is 43.0 Å². The van der Waals surface area contributed by atoms with Crippen LogP contribution in [0.25, 0.3) is 0 Å². The molecular weight excluding hydrogens is 424 g/mol. The highest BCUT2D eigenvalue weighted by Crippen LogP contribution is 2.18. The number of amides is 2. The maximum absolute atomic E-state index is 12.3. The number of benzene rings is 1. The molecule has 0 saturated carbocycles. The van der Waals surface area contributed by atoms with Gasteiger partial charge in [-0.25, -0.2) is 4.98 Å². The van der Waals surface area contributed by atoms with Crippen molar-refractivity contribution in [3.63, 3.8) is 0 Å². The van der Waals surface area contributed by atoms with E-state index >= 15 is 0 Å². The van der Waals surface area contributed by atoms with Crippen LogP contribution in [0.5, 0.6) is 5.75 Å². The zero-order valence-corrected chi connectivity index (χ0v) is 18.3. The van der Waals surface area contributed by atoms with Crippen molar-refractivity contribution in [1.29, 1.82) is 0 Å². The van der Waals surface area contributed by atoms with Gasteiger partial charge in [-0.05, 0) is 31.2 Å². The third-order valence-corrected chi connectivity index (χ3v) is 5.76. The summed E-state index contributed by atoms with van der Waals surface area (Å²) < 4.78 is 7.04. The quantitative estimate of drug-likeness (QED) is 0.460. The molecule has 2 amide bonds. The van der Waals surface area contributed by atoms with Crippen LogP contribution in [0.15, 0.2) is 41.0 Å². The van der Waals surface area contributed by atoms with Crippen LogP contribution in [-0.2, 0) is 17.8 Å². The van der Waals surface area contributed by atoms with E-state index in [0.717, 1.165) is 5.82 Å². The lowest BCUT2D eigenvalue weighted by Crippen LogP contribution is -2.26. The number of methoxy groups -OCH3 is 1. The molecule has 158 valence electrons. The van der Waals surface area contributed by atoms with Crippen LogP contribution in [0, 0.1) is 0 Å². The summed E-state index contributed by atoms with van der Waals surface area (Å²) in [6, 6.07) is 6.93. The monoisotopic (exact) mass is 446 g/mol. The molecule has 30 heavy (non-hydrogen) atoms. The Morgan fingerprint density at radius 1 is 1.23 bits per heavy atom. The molecule has 0 saturated heterocycles. The van der Waals surface area contributed by atoms with Gasteiger partial charge in [-0.15, -0.1) is 21.5 Å². The average Bonchev–Trinajstić information content (AvgIpc) is 3.41. The minimum absolute atomic E-state index is 0.145. The second-order valence-electron chi connectivity index (χ2n) is 6.05. The van der Waals surface area contributed by atoms with Gasteiger partial charge in [-0.2, -0.15) is 0 Å². The molecule has 3 aromatic rings. The molecule has 0 aliphatic carbocycles. The molecule has 2 aromatic heterocycles. The second-order valence-corrected chi connectivity index (χ2v) is 7.89. The molecule has 3 rings (SSSR count). The molecule has 2 heterocycles. The summed E-state index contributed by atoms with van der Waals surface area (Å²) in [4.78, 5) is 28.3. The van der Waals surface area contributed by atoms with Crippen LogP contribution in [0.2, 0.25) is 0 Å². The van der Waals surface area contributed by atoms with E-state index in [4.69, 9.17) is 4.74 Å². The summed E-state index contributed by atoms with van der Waals surface area (Å²) in [6.07, 6.45) is 2.18. The van der Waals surface area contributed by atoms with Gasteiger partial charge >= 0.3 is 0 Å². The van der Waals surface area contributed by atoms with Crippen molar-refractivity contribution in [3.05, 3.63) is 47.2 Å². The normalized spacial score (nSPS) is 10.6. The maximum atomic E-state index is 12.3. The summed E-state index contributed by atoms with van der Waals surface area (Å²) >= 11 is 2.69. The Labute approximate surface area is 182 Å². The van der Waals surface area contributed by atoms with Gasteiger partial charge in [0.25, 0.3) is 5.91 Å². The molecule has 0 spiro atoms. The zero-order chi connectivity index (χ0) is 21.3. The SMILES string of the molecule is CCn1c(CCNC(=O)c2ccc(OC)cc2)nnc1SCC(=O)Nc1nccs1. The average molecular weight is 447 g/mol. The predicted molar refractivity (Wildman–Crippen MR) is 116 cm³/mol. The van der Waals surface area contributed by atoms with Gasteiger partial charge < -0.3 is 19.9 Å². The van der Waals surface area contributed by atoms with E-state index in [9.17, 15) is 9.59 Å². The summed E-state index contributed by atoms with van der Waals surface area (Å²) in [5.41, 5.74) is 0.565. The van der Waals surface area contributed by atoms with Crippen molar-refractivity contribution in [2.45, 2.75) is 25.0 Å². The number of nitrogens with one attached hydrogen (secondary N) is 2. The number of carbonyl (C=O) groups excluding carboxylic acids is 2. The highest BCUT2D eigenvalue weighted by atomic mass is 32.2. The molecule has 0 bridgehead atoms. The van der Waals surface area contributed by atoms with Crippen molar-refractivity contribution in [1.82, 2.24) is 25.1 Å². The highest BCUT2D eigenvalue weighted by Gasteiger charge is 2.14. The first-order chi connectivity index (χ1) is 14.6. The van der Waals surface area contributed by atoms with Crippen LogP contribution in [-0.4, -0.2) is 51.0 Å². The molecule has 0 aliphatic heterocycles. The maximum Gasteiger partial charge on any atom is 0.251 e. The number of carbonyl (C=O) groups is 2. The molecule has 0 atom stereocenters. The topological polar surface area (TPSA) is 111 Å². The number of rotatable bonds is 10. The molecule has 9 nitrogen and oxygen atoms in total. The molecule has 0 radical (unpaired) electrons. The van der Waals surface area contributed by atoms with Crippen molar-refractivity contribution >= 4 is 40.0 Å². The number of thiazole rings is 1. The Bertz CT molecular complexity index is 973. The zero-order valence-electron chi connectivity index (χ0n) is 16.6. The van der Waals surface area contributed by atoms with Gasteiger partial charge in [-0.1, -0.05) is 11.8 Å². The van der Waals surface area contributed by atoms with Gasteiger partial charge in [0.05, 0.1) is 12.9 Å². The first-order valence-electron chi connectivity index (χ1n) is 9.27. The van der Waals surface area contributed by atoms with E-state index in [1.807, 2.05) is 11.5 Å². The van der Waals surface area contributed by atoms with E-state index < -0.39 is 0 Å². The minimum atomic E-state index is -0.159. The van der Waals surface area contributed by atoms with E-state index in [1.165, 1.54) is 23.1 Å². The molecule has 0 unspecified atom stereocenters. The van der Waals surface area contributed by atoms with Crippen molar-refractivity contribution in [3.8, 4) is 5.75 Å². The van der Waals surface area contributed by atoms with Gasteiger partial charge in [-0.3, -0.25) is 9.59 Å². The van der Waals surface area contributed by atoms with Gasteiger partial charge in [0.2, 0.25) is 5.91 Å². The highest BCUT2D eigenvalue weighted by molar-refractivity contribution is 7.99. The summed E-state index contributed by atoms with van der Waals surface area (Å²) in [5, 5.41) is 17.1. The van der Waals surface area contributed by atoms with Gasteiger partial charge in [0.1, 0.15) is 11.6 Å². The largest absolute Gasteiger partial charge is 0.497 e. The Morgan fingerprint density at radius 3 is 2.70 bits per heavy atom. The molecular formula is C19H22N6O3S2. The van der Waals surface area contributed by atoms with Crippen LogP contribution in [0.4, 0.5) is 5.13 Å². The molecule has 1 aromatic carbocycles. The lowest BCUT2D eigenvalue weighted by Gasteiger charge is -2.08. The first kappa shape index (κ1) is 21.8. The minimum Gasteiger partial charge on any atom is -0.497 e. The molecule has 2 N–H and O–H groups in total. The third-order valence-electron chi connectivity index (χ3n) is 4.11. The lowest BCUT2D eigenvalue weighted by molar-refractivity contribution is -0.113. The fourth-order valence-electron chi connectivity index (χ4n) is 2.63. The molecule has 0 fully saturated rings. The lowest BCUT2D eigenvalue weighted by atomic mass is 10.2. The Kier molecular flexibility index (Phi) is 7.80. The summed E-state index contributed by atoms with van der Waals surface area (Å²) in [5.74, 6) is 1.37. The van der Waals surface area contributed by atoms with E-state index in [2.05, 4.69) is 25.8 Å². The smallest absolute Gasteiger partial charge is 0.251 e. The second kappa shape index (κ2) is 10.7. The Balaban J connectivity index is 1.49. The number of ether oxygens (including phenoxy) is 1. The standard InChI is InChI=1S/C19H22N6O3S2/c1-3-25-15(8-9-20-17(27)13-4-6-14(28-2)7-5-13)23-24-19(25)30-12-16(26)22-18-21-10-11-29-18/h4-7,10-11H,3,8-9,12H2,1-2H3,(H,20,27)(H,21,22,26). The number of nitrogens with zero attached hydrogens (tertiary/aromatic N) is 4. The van der Waals surface area contributed by atoms with Crippen LogP contribution < -0.4 is 15.4 Å². The van der Waals surface area contributed by atoms with Gasteiger partial charge in [0, 0.05) is 36.7 Å². The van der Waals surface area contributed by atoms with E-state index in [-0.39, 0.29) is 17.6 Å². The van der Waals surface area contributed by atoms with Crippen LogP contribution in [0.3, 0.4) is 0 Å². The van der Waals surface area contributed by atoms with Crippen molar-refractivity contribution < 1.29 is 14.3 Å². The Hall–Kier alpha value is -2.92. The molecule has 0 aliphatic rings. The number of anilines is 1. The van der Waals surface area contributed by atoms with Crippen molar-refractivity contribution in [2.24, 2.45) is 0 Å². The van der Waals surface area contributed by atoms with Gasteiger partial charge in [0.15, 0.2) is 10.3 Å².